The first-order valence-electron chi connectivity index (χ1n) is 7.67. The minimum absolute atomic E-state index is 0.0851. The fourth-order valence-corrected chi connectivity index (χ4v) is 2.65. The number of primary sulfonamides is 1. The Morgan fingerprint density at radius 2 is 1.85 bits per heavy atom. The third-order valence-corrected chi connectivity index (χ3v) is 4.44. The third kappa shape index (κ3) is 6.55. The summed E-state index contributed by atoms with van der Waals surface area (Å²) in [6, 6.07) is 11.7. The van der Waals surface area contributed by atoms with E-state index >= 15 is 0 Å². The van der Waals surface area contributed by atoms with Crippen molar-refractivity contribution in [1.82, 2.24) is 0 Å². The number of carbonyl (C=O) groups is 2. The van der Waals surface area contributed by atoms with Crippen LogP contribution in [0.3, 0.4) is 0 Å². The quantitative estimate of drug-likeness (QED) is 0.669. The second-order valence-corrected chi connectivity index (χ2v) is 7.43. The maximum Gasteiger partial charge on any atom is 0.344 e. The van der Waals surface area contributed by atoms with E-state index in [-0.39, 0.29) is 11.5 Å². The SMILES string of the molecule is C[C@H](OC(=O)COc1cccc(Cl)c1)C(=O)Nc1ccc(S(N)(=O)=O)cc1. The Morgan fingerprint density at radius 3 is 2.44 bits per heavy atom. The first-order valence-corrected chi connectivity index (χ1v) is 9.59. The molecule has 2 aromatic carbocycles. The molecule has 0 unspecified atom stereocenters. The number of nitrogens with two attached hydrogens (primary N) is 1. The lowest BCUT2D eigenvalue weighted by Gasteiger charge is -2.14. The highest BCUT2D eigenvalue weighted by molar-refractivity contribution is 7.89. The van der Waals surface area contributed by atoms with Gasteiger partial charge in [0.05, 0.1) is 4.90 Å². The monoisotopic (exact) mass is 412 g/mol. The number of ether oxygens (including phenoxy) is 2. The highest BCUT2D eigenvalue weighted by Gasteiger charge is 2.18. The van der Waals surface area contributed by atoms with Gasteiger partial charge in [0.25, 0.3) is 5.91 Å². The van der Waals surface area contributed by atoms with Crippen LogP contribution in [0, 0.1) is 0 Å². The van der Waals surface area contributed by atoms with E-state index in [1.54, 1.807) is 18.2 Å². The van der Waals surface area contributed by atoms with Gasteiger partial charge in [0.1, 0.15) is 5.75 Å². The van der Waals surface area contributed by atoms with Crippen LogP contribution in [0.5, 0.6) is 5.75 Å². The van der Waals surface area contributed by atoms with Gasteiger partial charge in [-0.05, 0) is 49.4 Å². The Morgan fingerprint density at radius 1 is 1.19 bits per heavy atom. The molecule has 1 amide bonds. The number of anilines is 1. The van der Waals surface area contributed by atoms with Crippen LogP contribution in [0.15, 0.2) is 53.4 Å². The molecule has 0 saturated carbocycles. The number of halogens is 1. The number of hydrogen-bond acceptors (Lipinski definition) is 6. The predicted octanol–water partition coefficient (Wildman–Crippen LogP) is 1.94. The molecular formula is C17H17ClN2O6S. The Labute approximate surface area is 161 Å². The minimum atomic E-state index is -3.82. The lowest BCUT2D eigenvalue weighted by atomic mass is 10.3. The maximum absolute atomic E-state index is 12.1. The van der Waals surface area contributed by atoms with Crippen LogP contribution in [0.25, 0.3) is 0 Å². The van der Waals surface area contributed by atoms with Crippen molar-refractivity contribution in [3.63, 3.8) is 0 Å². The fourth-order valence-electron chi connectivity index (χ4n) is 1.96. The lowest BCUT2D eigenvalue weighted by Crippen LogP contribution is -2.31. The van der Waals surface area contributed by atoms with Gasteiger partial charge in [-0.1, -0.05) is 17.7 Å². The van der Waals surface area contributed by atoms with Gasteiger partial charge in [0.2, 0.25) is 10.0 Å². The van der Waals surface area contributed by atoms with Crippen LogP contribution in [0.4, 0.5) is 5.69 Å². The Balaban J connectivity index is 1.84. The van der Waals surface area contributed by atoms with E-state index in [1.165, 1.54) is 37.3 Å². The summed E-state index contributed by atoms with van der Waals surface area (Å²) in [5.74, 6) is -0.928. The number of benzene rings is 2. The van der Waals surface area contributed by atoms with E-state index in [4.69, 9.17) is 26.2 Å². The van der Waals surface area contributed by atoms with Gasteiger partial charge in [-0.25, -0.2) is 18.4 Å². The molecule has 10 heteroatoms. The van der Waals surface area contributed by atoms with E-state index in [0.29, 0.717) is 16.5 Å². The number of nitrogens with one attached hydrogen (secondary N) is 1. The van der Waals surface area contributed by atoms with Crippen molar-refractivity contribution in [2.75, 3.05) is 11.9 Å². The Bertz CT molecular complexity index is 931. The summed E-state index contributed by atoms with van der Waals surface area (Å²) >= 11 is 5.81. The predicted molar refractivity (Wildman–Crippen MR) is 98.9 cm³/mol. The zero-order valence-corrected chi connectivity index (χ0v) is 15.8. The second-order valence-electron chi connectivity index (χ2n) is 5.44. The van der Waals surface area contributed by atoms with Gasteiger partial charge in [-0.15, -0.1) is 0 Å². The van der Waals surface area contributed by atoms with Crippen molar-refractivity contribution in [3.8, 4) is 5.75 Å². The fraction of sp³-hybridized carbons (Fsp3) is 0.176. The van der Waals surface area contributed by atoms with Crippen molar-refractivity contribution in [1.29, 1.82) is 0 Å². The molecule has 0 radical (unpaired) electrons. The molecule has 3 N–H and O–H groups in total. The van der Waals surface area contributed by atoms with E-state index < -0.39 is 28.0 Å². The number of rotatable bonds is 7. The van der Waals surface area contributed by atoms with Crippen LogP contribution in [0.1, 0.15) is 6.92 Å². The average Bonchev–Trinajstić information content (AvgIpc) is 2.59. The number of esters is 1. The summed E-state index contributed by atoms with van der Waals surface area (Å²) in [6.07, 6.45) is -1.08. The number of hydrogen-bond donors (Lipinski definition) is 2. The van der Waals surface area contributed by atoms with Crippen LogP contribution in [0.2, 0.25) is 5.02 Å². The van der Waals surface area contributed by atoms with Crippen molar-refractivity contribution < 1.29 is 27.5 Å². The average molecular weight is 413 g/mol. The highest BCUT2D eigenvalue weighted by atomic mass is 35.5. The van der Waals surface area contributed by atoms with Crippen molar-refractivity contribution >= 4 is 39.2 Å². The molecule has 0 aliphatic carbocycles. The summed E-state index contributed by atoms with van der Waals surface area (Å²) in [6.45, 7) is 1.01. The van der Waals surface area contributed by atoms with Gasteiger partial charge in [0, 0.05) is 10.7 Å². The molecule has 0 aliphatic rings. The van der Waals surface area contributed by atoms with Crippen LogP contribution in [-0.2, 0) is 24.3 Å². The van der Waals surface area contributed by atoms with Gasteiger partial charge < -0.3 is 14.8 Å². The number of amides is 1. The number of carbonyl (C=O) groups excluding carboxylic acids is 2. The molecule has 2 aromatic rings. The third-order valence-electron chi connectivity index (χ3n) is 3.28. The second kappa shape index (κ2) is 8.85. The van der Waals surface area contributed by atoms with Crippen molar-refractivity contribution in [2.45, 2.75) is 17.9 Å². The maximum atomic E-state index is 12.1. The van der Waals surface area contributed by atoms with E-state index in [9.17, 15) is 18.0 Å². The molecule has 0 aliphatic heterocycles. The first-order chi connectivity index (χ1) is 12.6. The molecule has 1 atom stereocenters. The lowest BCUT2D eigenvalue weighted by molar-refractivity contribution is -0.155. The van der Waals surface area contributed by atoms with Crippen LogP contribution in [-0.4, -0.2) is 33.0 Å². The van der Waals surface area contributed by atoms with Crippen LogP contribution >= 0.6 is 11.6 Å². The van der Waals surface area contributed by atoms with E-state index in [2.05, 4.69) is 5.32 Å². The number of sulfonamides is 1. The smallest absolute Gasteiger partial charge is 0.344 e. The molecule has 0 aromatic heterocycles. The summed E-state index contributed by atoms with van der Waals surface area (Å²) in [7, 11) is -3.82. The summed E-state index contributed by atoms with van der Waals surface area (Å²) in [4.78, 5) is 23.8. The Hall–Kier alpha value is -2.62. The molecule has 2 rings (SSSR count). The van der Waals surface area contributed by atoms with Crippen molar-refractivity contribution in [3.05, 3.63) is 53.6 Å². The largest absolute Gasteiger partial charge is 0.482 e. The molecule has 0 bridgehead atoms. The summed E-state index contributed by atoms with van der Waals surface area (Å²) in [5, 5.41) is 7.96. The van der Waals surface area contributed by atoms with E-state index in [1.807, 2.05) is 0 Å². The van der Waals surface area contributed by atoms with Gasteiger partial charge >= 0.3 is 5.97 Å². The molecule has 27 heavy (non-hydrogen) atoms. The Kier molecular flexibility index (Phi) is 6.78. The van der Waals surface area contributed by atoms with Crippen LogP contribution < -0.4 is 15.2 Å². The minimum Gasteiger partial charge on any atom is -0.482 e. The van der Waals surface area contributed by atoms with Crippen molar-refractivity contribution in [2.24, 2.45) is 5.14 Å². The first kappa shape index (κ1) is 20.7. The molecule has 0 spiro atoms. The molecule has 0 fully saturated rings. The van der Waals surface area contributed by atoms with Gasteiger partial charge in [0.15, 0.2) is 12.7 Å². The molecular weight excluding hydrogens is 396 g/mol. The highest BCUT2D eigenvalue weighted by Crippen LogP contribution is 2.17. The molecule has 0 saturated heterocycles. The van der Waals surface area contributed by atoms with Gasteiger partial charge in [-0.2, -0.15) is 0 Å². The summed E-state index contributed by atoms with van der Waals surface area (Å²) in [5.41, 5.74) is 0.325. The molecule has 144 valence electrons. The molecule has 0 heterocycles. The topological polar surface area (TPSA) is 125 Å². The van der Waals surface area contributed by atoms with Gasteiger partial charge in [-0.3, -0.25) is 4.79 Å². The zero-order chi connectivity index (χ0) is 20.0. The summed E-state index contributed by atoms with van der Waals surface area (Å²) < 4.78 is 32.6. The molecule has 8 nitrogen and oxygen atoms in total. The van der Waals surface area contributed by atoms with E-state index in [0.717, 1.165) is 0 Å². The standard InChI is InChI=1S/C17H17ClN2O6S/c1-11(26-16(21)10-25-14-4-2-3-12(18)9-14)17(22)20-13-5-7-15(8-6-13)27(19,23)24/h2-9,11H,10H2,1H3,(H,20,22)(H2,19,23,24)/t11-/m0/s1. The zero-order valence-electron chi connectivity index (χ0n) is 14.2. The normalized spacial score (nSPS) is 12.1.